The largest absolute Gasteiger partial charge is 0.461 e. The summed E-state index contributed by atoms with van der Waals surface area (Å²) < 4.78 is 11.3. The van der Waals surface area contributed by atoms with Crippen molar-refractivity contribution < 1.29 is 9.31 Å². The Hall–Kier alpha value is -0.275. The van der Waals surface area contributed by atoms with Crippen LogP contribution < -0.4 is 0 Å². The summed E-state index contributed by atoms with van der Waals surface area (Å²) in [6.07, 6.45) is 12.0. The number of unbranched alkanes of at least 4 members (excludes halogenated alkanes) is 3. The molecule has 0 bridgehead atoms. The molecule has 0 aromatic carbocycles. The van der Waals surface area contributed by atoms with Crippen LogP contribution in [0, 0.1) is 0 Å². The molecule has 1 rings (SSSR count). The first-order valence-corrected chi connectivity index (χ1v) is 7.28. The van der Waals surface area contributed by atoms with E-state index < -0.39 is 0 Å². The third-order valence-electron chi connectivity index (χ3n) is 3.17. The fourth-order valence-electron chi connectivity index (χ4n) is 2.07. The molecule has 1 fully saturated rings. The Morgan fingerprint density at radius 2 is 1.82 bits per heavy atom. The molecule has 0 amide bonds. The molecule has 3 heteroatoms. The van der Waals surface area contributed by atoms with Crippen molar-refractivity contribution >= 4 is 7.12 Å². The molecule has 2 nitrogen and oxygen atoms in total. The molecular weight excluding hydrogens is 211 g/mol. The second kappa shape index (κ2) is 9.72. The maximum atomic E-state index is 5.63. The number of allylic oxidation sites excluding steroid dienone is 2. The van der Waals surface area contributed by atoms with E-state index >= 15 is 0 Å². The third kappa shape index (κ3) is 6.90. The van der Waals surface area contributed by atoms with Crippen LogP contribution in [0.1, 0.15) is 58.8 Å². The van der Waals surface area contributed by atoms with Gasteiger partial charge in [0, 0.05) is 19.5 Å². The van der Waals surface area contributed by atoms with Gasteiger partial charge in [-0.25, -0.2) is 0 Å². The highest BCUT2D eigenvalue weighted by molar-refractivity contribution is 6.45. The lowest BCUT2D eigenvalue weighted by Crippen LogP contribution is -2.29. The minimum atomic E-state index is 0.0217. The second-order valence-electron chi connectivity index (χ2n) is 4.84. The van der Waals surface area contributed by atoms with Gasteiger partial charge < -0.3 is 9.31 Å². The van der Waals surface area contributed by atoms with Crippen LogP contribution in [0.15, 0.2) is 11.6 Å². The molecule has 98 valence electrons. The summed E-state index contributed by atoms with van der Waals surface area (Å²) in [6.45, 7) is 6.21. The zero-order valence-electron chi connectivity index (χ0n) is 11.5. The summed E-state index contributed by atoms with van der Waals surface area (Å²) in [5, 5.41) is 0. The van der Waals surface area contributed by atoms with Crippen molar-refractivity contribution in [3.63, 3.8) is 0 Å². The van der Waals surface area contributed by atoms with Gasteiger partial charge in [0.15, 0.2) is 0 Å². The zero-order valence-corrected chi connectivity index (χ0v) is 11.5. The first-order chi connectivity index (χ1) is 8.36. The topological polar surface area (TPSA) is 18.5 Å². The lowest BCUT2D eigenvalue weighted by molar-refractivity contribution is 0.135. The lowest BCUT2D eigenvalue weighted by atomic mass is 9.77. The van der Waals surface area contributed by atoms with Gasteiger partial charge in [0.05, 0.1) is 0 Å². The second-order valence-corrected chi connectivity index (χ2v) is 4.84. The molecular formula is C14H27BO2. The highest BCUT2D eigenvalue weighted by Gasteiger charge is 2.22. The van der Waals surface area contributed by atoms with E-state index in [4.69, 9.17) is 9.31 Å². The number of hydrogen-bond acceptors (Lipinski definition) is 2. The van der Waals surface area contributed by atoms with Crippen LogP contribution in [-0.4, -0.2) is 20.3 Å². The predicted octanol–water partition coefficient (Wildman–Crippen LogP) is 4.22. The van der Waals surface area contributed by atoms with E-state index in [1.165, 1.54) is 44.1 Å². The van der Waals surface area contributed by atoms with Gasteiger partial charge in [-0.3, -0.25) is 0 Å². The van der Waals surface area contributed by atoms with Gasteiger partial charge >= 0.3 is 7.12 Å². The van der Waals surface area contributed by atoms with E-state index in [1.54, 1.807) is 0 Å². The van der Waals surface area contributed by atoms with Gasteiger partial charge in [-0.2, -0.15) is 0 Å². The smallest absolute Gasteiger partial charge is 0.411 e. The van der Waals surface area contributed by atoms with Crippen molar-refractivity contribution in [1.82, 2.24) is 0 Å². The van der Waals surface area contributed by atoms with E-state index in [0.29, 0.717) is 0 Å². The Kier molecular flexibility index (Phi) is 8.46. The Morgan fingerprint density at radius 1 is 1.12 bits per heavy atom. The molecule has 0 aromatic rings. The summed E-state index contributed by atoms with van der Waals surface area (Å²) in [5.41, 5.74) is 1.53. The molecule has 0 N–H and O–H groups in total. The molecule has 1 aliphatic heterocycles. The molecule has 1 heterocycles. The molecule has 0 spiro atoms. The first-order valence-electron chi connectivity index (χ1n) is 7.28. The van der Waals surface area contributed by atoms with E-state index in [2.05, 4.69) is 19.9 Å². The van der Waals surface area contributed by atoms with Crippen molar-refractivity contribution in [2.24, 2.45) is 0 Å². The fourth-order valence-corrected chi connectivity index (χ4v) is 2.07. The molecule has 0 saturated carbocycles. The van der Waals surface area contributed by atoms with Crippen LogP contribution in [0.25, 0.3) is 0 Å². The van der Waals surface area contributed by atoms with E-state index in [0.717, 1.165) is 26.0 Å². The summed E-state index contributed by atoms with van der Waals surface area (Å²) in [4.78, 5) is 0. The minimum Gasteiger partial charge on any atom is -0.411 e. The first kappa shape index (κ1) is 14.8. The van der Waals surface area contributed by atoms with Crippen LogP contribution in [0.2, 0.25) is 6.32 Å². The average Bonchev–Trinajstić information content (AvgIpc) is 2.37. The van der Waals surface area contributed by atoms with E-state index in [1.807, 2.05) is 0 Å². The highest BCUT2D eigenvalue weighted by Crippen LogP contribution is 2.19. The Balaban J connectivity index is 2.34. The van der Waals surface area contributed by atoms with Crippen molar-refractivity contribution in [1.29, 1.82) is 0 Å². The van der Waals surface area contributed by atoms with Crippen molar-refractivity contribution in [3.8, 4) is 0 Å². The third-order valence-corrected chi connectivity index (χ3v) is 3.17. The molecule has 0 atom stereocenters. The molecule has 1 aliphatic rings. The van der Waals surface area contributed by atoms with Crippen LogP contribution in [0.5, 0.6) is 0 Å². The van der Waals surface area contributed by atoms with Gasteiger partial charge in [0.2, 0.25) is 0 Å². The number of rotatable bonds is 8. The summed E-state index contributed by atoms with van der Waals surface area (Å²) in [6, 6.07) is 0. The highest BCUT2D eigenvalue weighted by atomic mass is 16.6. The van der Waals surface area contributed by atoms with Gasteiger partial charge in [0.1, 0.15) is 0 Å². The molecule has 0 aliphatic carbocycles. The van der Waals surface area contributed by atoms with Crippen LogP contribution >= 0.6 is 0 Å². The summed E-state index contributed by atoms with van der Waals surface area (Å²) in [5.74, 6) is 0. The average molecular weight is 238 g/mol. The predicted molar refractivity (Wildman–Crippen MR) is 74.2 cm³/mol. The fraction of sp³-hybridized carbons (Fsp3) is 0.857. The van der Waals surface area contributed by atoms with Crippen molar-refractivity contribution in [3.05, 3.63) is 11.6 Å². The minimum absolute atomic E-state index is 0.0217. The quantitative estimate of drug-likeness (QED) is 0.358. The van der Waals surface area contributed by atoms with Crippen LogP contribution in [-0.2, 0) is 9.31 Å². The lowest BCUT2D eigenvalue weighted by Gasteiger charge is -2.21. The normalized spacial score (nSPS) is 17.5. The van der Waals surface area contributed by atoms with E-state index in [-0.39, 0.29) is 7.12 Å². The standard InChI is InChI=1S/C14H27BO2/c1-3-5-7-10-14(9-6-4-2)13-15-16-11-8-12-17-15/h10H,3-9,11-13H2,1-2H3/b14-10-. The molecule has 1 saturated heterocycles. The maximum Gasteiger partial charge on any atom is 0.461 e. The summed E-state index contributed by atoms with van der Waals surface area (Å²) in [7, 11) is 0.0217. The van der Waals surface area contributed by atoms with Crippen molar-refractivity contribution in [2.75, 3.05) is 13.2 Å². The summed E-state index contributed by atoms with van der Waals surface area (Å²) >= 11 is 0. The molecule has 0 unspecified atom stereocenters. The molecule has 17 heavy (non-hydrogen) atoms. The van der Waals surface area contributed by atoms with Gasteiger partial charge in [-0.15, -0.1) is 0 Å². The number of hydrogen-bond donors (Lipinski definition) is 0. The Morgan fingerprint density at radius 3 is 2.47 bits per heavy atom. The monoisotopic (exact) mass is 238 g/mol. The molecule has 0 aromatic heterocycles. The van der Waals surface area contributed by atoms with Gasteiger partial charge in [0.25, 0.3) is 0 Å². The molecule has 0 radical (unpaired) electrons. The van der Waals surface area contributed by atoms with Crippen molar-refractivity contribution in [2.45, 2.75) is 65.1 Å². The zero-order chi connectivity index (χ0) is 12.3. The Labute approximate surface area is 107 Å². The maximum absolute atomic E-state index is 5.63. The van der Waals surface area contributed by atoms with Gasteiger partial charge in [-0.05, 0) is 25.7 Å². The van der Waals surface area contributed by atoms with Crippen LogP contribution in [0.4, 0.5) is 0 Å². The van der Waals surface area contributed by atoms with E-state index in [9.17, 15) is 0 Å². The Bertz CT molecular complexity index is 210. The van der Waals surface area contributed by atoms with Crippen LogP contribution in [0.3, 0.4) is 0 Å². The van der Waals surface area contributed by atoms with Gasteiger partial charge in [-0.1, -0.05) is 44.8 Å². The SMILES string of the molecule is CCCC/C=C(/CCCC)CB1OCCCO1.